The first-order chi connectivity index (χ1) is 14.2. The Morgan fingerprint density at radius 3 is 2.38 bits per heavy atom. The summed E-state index contributed by atoms with van der Waals surface area (Å²) in [4.78, 5) is 12.6. The van der Waals surface area contributed by atoms with Crippen LogP contribution in [0.4, 0.5) is 0 Å². The second kappa shape index (κ2) is 6.95. The van der Waals surface area contributed by atoms with Gasteiger partial charge in [-0.05, 0) is 34.9 Å². The van der Waals surface area contributed by atoms with E-state index in [2.05, 4.69) is 18.2 Å². The standard InChI is InChI=1S/C26H18O3/c27-24-16-19(13-14-22(24)26(28)17-7-2-1-3-8-17)29-25-12-6-11-21-20-10-5-4-9-18(20)15-23(21)25/h1-14,16,27H,15H2. The number of benzene rings is 4. The molecule has 0 aliphatic heterocycles. The van der Waals surface area contributed by atoms with Gasteiger partial charge in [0, 0.05) is 23.6 Å². The molecule has 0 atom stereocenters. The van der Waals surface area contributed by atoms with Gasteiger partial charge in [0.25, 0.3) is 0 Å². The molecule has 0 heterocycles. The van der Waals surface area contributed by atoms with Crippen LogP contribution < -0.4 is 4.74 Å². The minimum absolute atomic E-state index is 0.0905. The van der Waals surface area contributed by atoms with Crippen molar-refractivity contribution in [1.29, 1.82) is 0 Å². The monoisotopic (exact) mass is 378 g/mol. The van der Waals surface area contributed by atoms with E-state index in [4.69, 9.17) is 4.74 Å². The Morgan fingerprint density at radius 2 is 1.55 bits per heavy atom. The summed E-state index contributed by atoms with van der Waals surface area (Å²) in [5, 5.41) is 10.4. The topological polar surface area (TPSA) is 46.5 Å². The lowest BCUT2D eigenvalue weighted by atomic mass is 10.0. The van der Waals surface area contributed by atoms with E-state index in [1.54, 1.807) is 36.4 Å². The highest BCUT2D eigenvalue weighted by Gasteiger charge is 2.22. The Hall–Kier alpha value is -3.85. The summed E-state index contributed by atoms with van der Waals surface area (Å²) in [6, 6.07) is 28.1. The summed E-state index contributed by atoms with van der Waals surface area (Å²) >= 11 is 0. The van der Waals surface area contributed by atoms with E-state index in [9.17, 15) is 9.90 Å². The zero-order valence-electron chi connectivity index (χ0n) is 15.6. The maximum Gasteiger partial charge on any atom is 0.196 e. The molecule has 0 fully saturated rings. The van der Waals surface area contributed by atoms with Crippen LogP contribution in [0.5, 0.6) is 17.2 Å². The molecule has 5 rings (SSSR count). The molecule has 0 aromatic heterocycles. The summed E-state index contributed by atoms with van der Waals surface area (Å²) < 4.78 is 6.10. The second-order valence-corrected chi connectivity index (χ2v) is 7.09. The molecule has 1 N–H and O–H groups in total. The molecule has 3 nitrogen and oxygen atoms in total. The smallest absolute Gasteiger partial charge is 0.196 e. The van der Waals surface area contributed by atoms with Gasteiger partial charge in [0.1, 0.15) is 17.2 Å². The molecule has 0 unspecified atom stereocenters. The normalized spacial score (nSPS) is 11.6. The number of rotatable bonds is 4. The van der Waals surface area contributed by atoms with Crippen LogP contribution >= 0.6 is 0 Å². The van der Waals surface area contributed by atoms with E-state index in [0.717, 1.165) is 17.7 Å². The molecule has 4 aromatic carbocycles. The molecule has 0 bridgehead atoms. The molecule has 29 heavy (non-hydrogen) atoms. The van der Waals surface area contributed by atoms with Crippen molar-refractivity contribution >= 4 is 5.78 Å². The van der Waals surface area contributed by atoms with Crippen molar-refractivity contribution in [2.45, 2.75) is 6.42 Å². The summed E-state index contributed by atoms with van der Waals surface area (Å²) in [7, 11) is 0. The molecule has 0 saturated carbocycles. The van der Waals surface area contributed by atoms with Crippen LogP contribution in [0.15, 0.2) is 91.0 Å². The highest BCUT2D eigenvalue weighted by atomic mass is 16.5. The number of aromatic hydroxyl groups is 1. The quantitative estimate of drug-likeness (QED) is 0.391. The fraction of sp³-hybridized carbons (Fsp3) is 0.0385. The molecule has 140 valence electrons. The van der Waals surface area contributed by atoms with Crippen molar-refractivity contribution in [2.24, 2.45) is 0 Å². The summed E-state index contributed by atoms with van der Waals surface area (Å²) in [6.45, 7) is 0. The van der Waals surface area contributed by atoms with Crippen LogP contribution in [-0.2, 0) is 6.42 Å². The van der Waals surface area contributed by atoms with Gasteiger partial charge in [0.15, 0.2) is 5.78 Å². The van der Waals surface area contributed by atoms with E-state index >= 15 is 0 Å². The first-order valence-electron chi connectivity index (χ1n) is 9.51. The van der Waals surface area contributed by atoms with Gasteiger partial charge in [-0.2, -0.15) is 0 Å². The maximum absolute atomic E-state index is 12.6. The van der Waals surface area contributed by atoms with E-state index in [1.165, 1.54) is 22.8 Å². The van der Waals surface area contributed by atoms with Crippen molar-refractivity contribution in [3.8, 4) is 28.4 Å². The third-order valence-electron chi connectivity index (χ3n) is 5.29. The van der Waals surface area contributed by atoms with Crippen LogP contribution in [0.3, 0.4) is 0 Å². The number of ether oxygens (including phenoxy) is 1. The van der Waals surface area contributed by atoms with Gasteiger partial charge in [-0.3, -0.25) is 4.79 Å². The Bertz CT molecular complexity index is 1230. The predicted molar refractivity (Wildman–Crippen MR) is 113 cm³/mol. The van der Waals surface area contributed by atoms with Gasteiger partial charge < -0.3 is 9.84 Å². The number of hydrogen-bond donors (Lipinski definition) is 1. The molecule has 0 amide bonds. The van der Waals surface area contributed by atoms with Crippen molar-refractivity contribution in [1.82, 2.24) is 0 Å². The number of carbonyl (C=O) groups is 1. The fourth-order valence-electron chi connectivity index (χ4n) is 3.86. The highest BCUT2D eigenvalue weighted by Crippen LogP contribution is 2.42. The second-order valence-electron chi connectivity index (χ2n) is 7.09. The van der Waals surface area contributed by atoms with Crippen LogP contribution in [0, 0.1) is 0 Å². The van der Waals surface area contributed by atoms with Crippen molar-refractivity contribution in [3.05, 3.63) is 113 Å². The summed E-state index contributed by atoms with van der Waals surface area (Å²) in [6.07, 6.45) is 0.818. The van der Waals surface area contributed by atoms with Gasteiger partial charge in [0.05, 0.1) is 5.56 Å². The van der Waals surface area contributed by atoms with Gasteiger partial charge in [-0.15, -0.1) is 0 Å². The number of phenolic OH excluding ortho intramolecular Hbond substituents is 1. The minimum Gasteiger partial charge on any atom is -0.507 e. The van der Waals surface area contributed by atoms with Crippen LogP contribution in [0.2, 0.25) is 0 Å². The van der Waals surface area contributed by atoms with E-state index in [-0.39, 0.29) is 17.1 Å². The van der Waals surface area contributed by atoms with Crippen LogP contribution in [0.1, 0.15) is 27.0 Å². The number of hydrogen-bond acceptors (Lipinski definition) is 3. The van der Waals surface area contributed by atoms with Gasteiger partial charge in [-0.25, -0.2) is 0 Å². The first kappa shape index (κ1) is 17.3. The van der Waals surface area contributed by atoms with Gasteiger partial charge in [0.2, 0.25) is 0 Å². The Balaban J connectivity index is 1.44. The molecule has 0 saturated heterocycles. The minimum atomic E-state index is -0.217. The van der Waals surface area contributed by atoms with Crippen molar-refractivity contribution in [2.75, 3.05) is 0 Å². The lowest BCUT2D eigenvalue weighted by Gasteiger charge is -2.12. The molecule has 4 aromatic rings. The van der Waals surface area contributed by atoms with Crippen molar-refractivity contribution in [3.63, 3.8) is 0 Å². The first-order valence-corrected chi connectivity index (χ1v) is 9.51. The molecule has 1 aliphatic carbocycles. The summed E-state index contributed by atoms with van der Waals surface area (Å²) in [5.41, 5.74) is 5.63. The number of fused-ring (bicyclic) bond motifs is 3. The Kier molecular flexibility index (Phi) is 4.14. The lowest BCUT2D eigenvalue weighted by molar-refractivity contribution is 0.103. The predicted octanol–water partition coefficient (Wildman–Crippen LogP) is 5.99. The molecule has 1 aliphatic rings. The number of phenols is 1. The van der Waals surface area contributed by atoms with Gasteiger partial charge in [-0.1, -0.05) is 66.7 Å². The molecular weight excluding hydrogens is 360 g/mol. The molecular formula is C26H18O3. The number of ketones is 1. The Labute approximate surface area is 168 Å². The average Bonchev–Trinajstić information content (AvgIpc) is 3.14. The highest BCUT2D eigenvalue weighted by molar-refractivity contribution is 6.10. The van der Waals surface area contributed by atoms with E-state index in [1.807, 2.05) is 30.3 Å². The molecule has 0 spiro atoms. The van der Waals surface area contributed by atoms with Crippen LogP contribution in [-0.4, -0.2) is 10.9 Å². The zero-order valence-corrected chi connectivity index (χ0v) is 15.6. The molecule has 0 radical (unpaired) electrons. The zero-order chi connectivity index (χ0) is 19.8. The van der Waals surface area contributed by atoms with Gasteiger partial charge >= 0.3 is 0 Å². The third kappa shape index (κ3) is 3.07. The lowest BCUT2D eigenvalue weighted by Crippen LogP contribution is -2.01. The SMILES string of the molecule is O=C(c1ccccc1)c1ccc(Oc2cccc3c2Cc2ccccc2-3)cc1O. The fourth-order valence-corrected chi connectivity index (χ4v) is 3.86. The maximum atomic E-state index is 12.6. The van der Waals surface area contributed by atoms with E-state index in [0.29, 0.717) is 11.3 Å². The van der Waals surface area contributed by atoms with E-state index < -0.39 is 0 Å². The van der Waals surface area contributed by atoms with Crippen LogP contribution in [0.25, 0.3) is 11.1 Å². The average molecular weight is 378 g/mol. The largest absolute Gasteiger partial charge is 0.507 e. The number of carbonyl (C=O) groups excluding carboxylic acids is 1. The third-order valence-corrected chi connectivity index (χ3v) is 5.29. The molecule has 3 heteroatoms. The summed E-state index contributed by atoms with van der Waals surface area (Å²) in [5.74, 6) is 0.953. The van der Waals surface area contributed by atoms with Crippen molar-refractivity contribution < 1.29 is 14.6 Å². The Morgan fingerprint density at radius 1 is 0.793 bits per heavy atom.